The van der Waals surface area contributed by atoms with E-state index in [0.29, 0.717) is 0 Å². The number of aliphatic hydroxyl groups is 2. The van der Waals surface area contributed by atoms with Crippen molar-refractivity contribution in [1.82, 2.24) is 5.32 Å². The predicted octanol–water partition coefficient (Wildman–Crippen LogP) is -0.279. The number of hydrogen-bond donors (Lipinski definition) is 3. The van der Waals surface area contributed by atoms with Gasteiger partial charge in [-0.1, -0.05) is 6.92 Å². The molecule has 0 aliphatic heterocycles. The fraction of sp³-hybridized carbons (Fsp3) is 0.875. The highest BCUT2D eigenvalue weighted by Gasteiger charge is 2.26. The highest BCUT2D eigenvalue weighted by molar-refractivity contribution is 6.19. The third-order valence-corrected chi connectivity index (χ3v) is 2.26. The third-order valence-electron chi connectivity index (χ3n) is 1.80. The van der Waals surface area contributed by atoms with E-state index in [9.17, 15) is 4.79 Å². The lowest BCUT2D eigenvalue weighted by atomic mass is 10.0. The Labute approximate surface area is 82.9 Å². The highest BCUT2D eigenvalue weighted by Crippen LogP contribution is 2.05. The largest absolute Gasteiger partial charge is 0.394 e. The van der Waals surface area contributed by atoms with Crippen LogP contribution in [0.15, 0.2) is 0 Å². The number of aliphatic hydroxyl groups excluding tert-OH is 2. The van der Waals surface area contributed by atoms with Gasteiger partial charge in [-0.3, -0.25) is 4.79 Å². The van der Waals surface area contributed by atoms with Crippen molar-refractivity contribution in [3.8, 4) is 0 Å². The summed E-state index contributed by atoms with van der Waals surface area (Å²) >= 11 is 5.48. The summed E-state index contributed by atoms with van der Waals surface area (Å²) < 4.78 is 0. The zero-order valence-electron chi connectivity index (χ0n) is 7.88. The zero-order chi connectivity index (χ0) is 10.5. The zero-order valence-corrected chi connectivity index (χ0v) is 8.64. The molecule has 0 saturated heterocycles. The van der Waals surface area contributed by atoms with Gasteiger partial charge >= 0.3 is 0 Å². The van der Waals surface area contributed by atoms with Gasteiger partial charge in [0.1, 0.15) is 0 Å². The van der Waals surface area contributed by atoms with Gasteiger partial charge in [0, 0.05) is 11.8 Å². The second kappa shape index (κ2) is 5.42. The van der Waals surface area contributed by atoms with E-state index in [1.165, 1.54) is 0 Å². The predicted molar refractivity (Wildman–Crippen MR) is 50.6 cm³/mol. The number of rotatable bonds is 5. The van der Waals surface area contributed by atoms with Gasteiger partial charge in [0.05, 0.1) is 18.8 Å². The smallest absolute Gasteiger partial charge is 0.224 e. The lowest BCUT2D eigenvalue weighted by Crippen LogP contribution is -2.53. The summed E-state index contributed by atoms with van der Waals surface area (Å²) in [7, 11) is 0. The van der Waals surface area contributed by atoms with Crippen molar-refractivity contribution >= 4 is 17.5 Å². The highest BCUT2D eigenvalue weighted by atomic mass is 35.5. The van der Waals surface area contributed by atoms with Crippen LogP contribution in [0.3, 0.4) is 0 Å². The summed E-state index contributed by atoms with van der Waals surface area (Å²) in [4.78, 5) is 11.3. The molecule has 0 rings (SSSR count). The minimum atomic E-state index is -0.961. The molecular weight excluding hydrogens is 194 g/mol. The van der Waals surface area contributed by atoms with Crippen LogP contribution >= 0.6 is 11.6 Å². The summed E-state index contributed by atoms with van der Waals surface area (Å²) in [5.74, 6) is -0.363. The topological polar surface area (TPSA) is 69.6 Å². The van der Waals surface area contributed by atoms with Crippen molar-refractivity contribution in [2.45, 2.75) is 19.4 Å². The molecule has 1 amide bonds. The monoisotopic (exact) mass is 209 g/mol. The summed E-state index contributed by atoms with van der Waals surface area (Å²) in [6.45, 7) is 2.64. The Balaban J connectivity index is 4.17. The van der Waals surface area contributed by atoms with E-state index in [1.54, 1.807) is 13.8 Å². The molecule has 4 nitrogen and oxygen atoms in total. The summed E-state index contributed by atoms with van der Waals surface area (Å²) in [5.41, 5.74) is -0.961. The van der Waals surface area contributed by atoms with Crippen LogP contribution in [-0.4, -0.2) is 40.8 Å². The van der Waals surface area contributed by atoms with Crippen LogP contribution in [0, 0.1) is 5.92 Å². The number of halogens is 1. The van der Waals surface area contributed by atoms with Crippen molar-refractivity contribution in [3.63, 3.8) is 0 Å². The lowest BCUT2D eigenvalue weighted by Gasteiger charge is -2.27. The Hall–Kier alpha value is -0.320. The number of carbonyl (C=O) groups excluding carboxylic acids is 1. The van der Waals surface area contributed by atoms with Gasteiger partial charge in [0.2, 0.25) is 5.91 Å². The minimum Gasteiger partial charge on any atom is -0.394 e. The van der Waals surface area contributed by atoms with Gasteiger partial charge in [-0.25, -0.2) is 0 Å². The van der Waals surface area contributed by atoms with E-state index in [1.807, 2.05) is 0 Å². The molecule has 0 fully saturated rings. The van der Waals surface area contributed by atoms with Crippen LogP contribution in [0.2, 0.25) is 0 Å². The molecule has 0 aliphatic rings. The molecule has 1 atom stereocenters. The summed E-state index contributed by atoms with van der Waals surface area (Å²) in [6.07, 6.45) is 0. The Morgan fingerprint density at radius 2 is 2.00 bits per heavy atom. The maximum atomic E-state index is 11.3. The summed E-state index contributed by atoms with van der Waals surface area (Å²) in [6, 6.07) is 0. The van der Waals surface area contributed by atoms with E-state index in [4.69, 9.17) is 21.8 Å². The molecule has 0 aliphatic carbocycles. The number of hydrogen-bond acceptors (Lipinski definition) is 3. The van der Waals surface area contributed by atoms with Gasteiger partial charge in [-0.05, 0) is 6.92 Å². The Bertz CT molecular complexity index is 171. The first-order chi connectivity index (χ1) is 5.99. The van der Waals surface area contributed by atoms with Crippen LogP contribution in [0.25, 0.3) is 0 Å². The Morgan fingerprint density at radius 3 is 2.31 bits per heavy atom. The first-order valence-corrected chi connectivity index (χ1v) is 4.62. The van der Waals surface area contributed by atoms with Crippen molar-refractivity contribution in [2.24, 2.45) is 5.92 Å². The van der Waals surface area contributed by atoms with Gasteiger partial charge in [0.25, 0.3) is 0 Å². The van der Waals surface area contributed by atoms with Crippen molar-refractivity contribution in [1.29, 1.82) is 0 Å². The van der Waals surface area contributed by atoms with Gasteiger partial charge < -0.3 is 15.5 Å². The average molecular weight is 210 g/mol. The molecule has 0 aromatic carbocycles. The lowest BCUT2D eigenvalue weighted by molar-refractivity contribution is -0.126. The standard InChI is InChI=1S/C8H16ClNO3/c1-6(3-9)7(13)10-8(2,4-11)5-12/h6,11-12H,3-5H2,1-2H3,(H,10,13). The second-order valence-electron chi connectivity index (χ2n) is 3.42. The van der Waals surface area contributed by atoms with Crippen LogP contribution < -0.4 is 5.32 Å². The SMILES string of the molecule is CC(CCl)C(=O)NC(C)(CO)CO. The van der Waals surface area contributed by atoms with Crippen LogP contribution in [0.5, 0.6) is 0 Å². The van der Waals surface area contributed by atoms with Gasteiger partial charge in [-0.2, -0.15) is 0 Å². The molecule has 13 heavy (non-hydrogen) atoms. The van der Waals surface area contributed by atoms with Crippen LogP contribution in [-0.2, 0) is 4.79 Å². The van der Waals surface area contributed by atoms with Gasteiger partial charge in [-0.15, -0.1) is 11.6 Å². The van der Waals surface area contributed by atoms with E-state index < -0.39 is 5.54 Å². The number of carbonyl (C=O) groups is 1. The minimum absolute atomic E-state index is 0.221. The number of nitrogens with one attached hydrogen (secondary N) is 1. The summed E-state index contributed by atoms with van der Waals surface area (Å²) in [5, 5.41) is 20.3. The molecule has 78 valence electrons. The first kappa shape index (κ1) is 12.7. The first-order valence-electron chi connectivity index (χ1n) is 4.09. The van der Waals surface area contributed by atoms with Crippen LogP contribution in [0.1, 0.15) is 13.8 Å². The number of alkyl halides is 1. The molecule has 0 aromatic rings. The maximum absolute atomic E-state index is 11.3. The molecular formula is C8H16ClNO3. The molecule has 0 aromatic heterocycles. The third kappa shape index (κ3) is 3.93. The van der Waals surface area contributed by atoms with Gasteiger partial charge in [0.15, 0.2) is 0 Å². The van der Waals surface area contributed by atoms with Crippen molar-refractivity contribution in [3.05, 3.63) is 0 Å². The van der Waals surface area contributed by atoms with E-state index in [-0.39, 0.29) is 30.9 Å². The molecule has 0 heterocycles. The Kier molecular flexibility index (Phi) is 5.29. The molecule has 1 unspecified atom stereocenters. The molecule has 3 N–H and O–H groups in total. The van der Waals surface area contributed by atoms with Crippen LogP contribution in [0.4, 0.5) is 0 Å². The fourth-order valence-corrected chi connectivity index (χ4v) is 0.760. The molecule has 5 heteroatoms. The second-order valence-corrected chi connectivity index (χ2v) is 3.73. The molecule has 0 radical (unpaired) electrons. The number of amides is 1. The fourth-order valence-electron chi connectivity index (χ4n) is 0.620. The average Bonchev–Trinajstić information content (AvgIpc) is 2.16. The van der Waals surface area contributed by atoms with Crippen molar-refractivity contribution < 1.29 is 15.0 Å². The van der Waals surface area contributed by atoms with E-state index in [0.717, 1.165) is 0 Å². The maximum Gasteiger partial charge on any atom is 0.224 e. The Morgan fingerprint density at radius 1 is 1.54 bits per heavy atom. The quantitative estimate of drug-likeness (QED) is 0.546. The van der Waals surface area contributed by atoms with E-state index >= 15 is 0 Å². The molecule has 0 bridgehead atoms. The van der Waals surface area contributed by atoms with E-state index in [2.05, 4.69) is 5.32 Å². The molecule has 0 spiro atoms. The van der Waals surface area contributed by atoms with Crippen molar-refractivity contribution in [2.75, 3.05) is 19.1 Å². The normalized spacial score (nSPS) is 13.9. The molecule has 0 saturated carbocycles.